The first kappa shape index (κ1) is 17.1. The molecule has 2 rings (SSSR count). The molecule has 0 saturated heterocycles. The highest BCUT2D eigenvalue weighted by molar-refractivity contribution is 5.79. The van der Waals surface area contributed by atoms with Crippen LogP contribution in [0.1, 0.15) is 43.7 Å². The maximum Gasteiger partial charge on any atom is 0.191 e. The Balaban J connectivity index is 1.85. The molecular weight excluding hydrogens is 292 g/mol. The zero-order valence-electron chi connectivity index (χ0n) is 14.3. The fraction of sp³-hybridized carbons (Fsp3) is 0.562. The van der Waals surface area contributed by atoms with Crippen LogP contribution < -0.4 is 10.6 Å². The second-order valence-electron chi connectivity index (χ2n) is 5.78. The van der Waals surface area contributed by atoms with Gasteiger partial charge in [-0.15, -0.1) is 0 Å². The molecule has 2 N–H and O–H groups in total. The molecule has 0 atom stereocenters. The van der Waals surface area contributed by atoms with Gasteiger partial charge in [0.2, 0.25) is 0 Å². The number of aliphatic imine (C=N–C) groups is 1. The molecule has 23 heavy (non-hydrogen) atoms. The van der Waals surface area contributed by atoms with Gasteiger partial charge < -0.3 is 15.2 Å². The number of nitrogens with zero attached hydrogens (tertiary/aromatic N) is 4. The van der Waals surface area contributed by atoms with Crippen molar-refractivity contribution in [1.29, 1.82) is 0 Å². The predicted octanol–water partition coefficient (Wildman–Crippen LogP) is 2.06. The molecule has 0 aliphatic heterocycles. The summed E-state index contributed by atoms with van der Waals surface area (Å²) in [6.45, 7) is 11.1. The van der Waals surface area contributed by atoms with Crippen LogP contribution in [0.4, 0.5) is 0 Å². The van der Waals surface area contributed by atoms with E-state index >= 15 is 0 Å². The van der Waals surface area contributed by atoms with Crippen LogP contribution >= 0.6 is 0 Å². The summed E-state index contributed by atoms with van der Waals surface area (Å²) in [5.74, 6) is 1.90. The van der Waals surface area contributed by atoms with Crippen molar-refractivity contribution < 1.29 is 4.52 Å². The number of hydrogen-bond acceptors (Lipinski definition) is 4. The Hall–Kier alpha value is -2.31. The van der Waals surface area contributed by atoms with Crippen molar-refractivity contribution in [1.82, 2.24) is 25.6 Å². The third-order valence-corrected chi connectivity index (χ3v) is 3.30. The third kappa shape index (κ3) is 5.43. The maximum absolute atomic E-state index is 5.30. The van der Waals surface area contributed by atoms with Crippen LogP contribution in [0.3, 0.4) is 0 Å². The Labute approximate surface area is 137 Å². The zero-order chi connectivity index (χ0) is 16.7. The minimum Gasteiger partial charge on any atom is -0.359 e. The van der Waals surface area contributed by atoms with Gasteiger partial charge in [0, 0.05) is 25.4 Å². The quantitative estimate of drug-likeness (QED) is 0.603. The molecule has 0 spiro atoms. The third-order valence-electron chi connectivity index (χ3n) is 3.30. The van der Waals surface area contributed by atoms with E-state index in [9.17, 15) is 0 Å². The highest BCUT2D eigenvalue weighted by Gasteiger charge is 2.07. The molecule has 2 aromatic rings. The molecule has 2 aromatic heterocycles. The standard InChI is InChI=1S/C16H26N6O/c1-5-17-16(18-6-7-22-11-13(4)9-20-22)19-10-14-8-15(12(2)3)21-23-14/h8-9,11-12H,5-7,10H2,1-4H3,(H2,17,18,19). The zero-order valence-corrected chi connectivity index (χ0v) is 14.3. The van der Waals surface area contributed by atoms with Crippen LogP contribution in [-0.2, 0) is 13.1 Å². The second kappa shape index (κ2) is 8.36. The van der Waals surface area contributed by atoms with E-state index in [-0.39, 0.29) is 0 Å². The number of rotatable bonds is 7. The van der Waals surface area contributed by atoms with E-state index in [1.165, 1.54) is 0 Å². The van der Waals surface area contributed by atoms with Gasteiger partial charge in [0.25, 0.3) is 0 Å². The van der Waals surface area contributed by atoms with Gasteiger partial charge in [-0.1, -0.05) is 19.0 Å². The van der Waals surface area contributed by atoms with E-state index in [1.807, 2.05) is 37.0 Å². The van der Waals surface area contributed by atoms with E-state index in [1.54, 1.807) is 0 Å². The first-order valence-electron chi connectivity index (χ1n) is 8.05. The molecular formula is C16H26N6O. The van der Waals surface area contributed by atoms with E-state index in [0.29, 0.717) is 12.5 Å². The largest absolute Gasteiger partial charge is 0.359 e. The Kier molecular flexibility index (Phi) is 6.19. The molecule has 0 aliphatic rings. The number of guanidine groups is 1. The monoisotopic (exact) mass is 318 g/mol. The minimum absolute atomic E-state index is 0.361. The van der Waals surface area contributed by atoms with Crippen LogP contribution in [0.2, 0.25) is 0 Å². The maximum atomic E-state index is 5.30. The molecule has 126 valence electrons. The van der Waals surface area contributed by atoms with E-state index in [0.717, 1.165) is 42.6 Å². The summed E-state index contributed by atoms with van der Waals surface area (Å²) in [5, 5.41) is 14.8. The van der Waals surface area contributed by atoms with Crippen molar-refractivity contribution in [3.8, 4) is 0 Å². The van der Waals surface area contributed by atoms with Crippen LogP contribution in [0.25, 0.3) is 0 Å². The lowest BCUT2D eigenvalue weighted by Gasteiger charge is -2.10. The van der Waals surface area contributed by atoms with Crippen LogP contribution in [-0.4, -0.2) is 34.0 Å². The summed E-state index contributed by atoms with van der Waals surface area (Å²) in [6, 6.07) is 1.96. The van der Waals surface area contributed by atoms with Crippen molar-refractivity contribution >= 4 is 5.96 Å². The Morgan fingerprint density at radius 2 is 2.22 bits per heavy atom. The van der Waals surface area contributed by atoms with Gasteiger partial charge in [-0.05, 0) is 25.3 Å². The molecule has 0 saturated carbocycles. The number of nitrogens with one attached hydrogen (secondary N) is 2. The minimum atomic E-state index is 0.361. The number of aryl methyl sites for hydroxylation is 1. The molecule has 0 aromatic carbocycles. The van der Waals surface area contributed by atoms with Gasteiger partial charge in [0.1, 0.15) is 6.54 Å². The molecule has 2 heterocycles. The lowest BCUT2D eigenvalue weighted by molar-refractivity contribution is 0.376. The van der Waals surface area contributed by atoms with Gasteiger partial charge >= 0.3 is 0 Å². The fourth-order valence-corrected chi connectivity index (χ4v) is 2.05. The first-order valence-corrected chi connectivity index (χ1v) is 8.05. The predicted molar refractivity (Wildman–Crippen MR) is 90.4 cm³/mol. The van der Waals surface area contributed by atoms with Gasteiger partial charge in [-0.3, -0.25) is 4.68 Å². The summed E-state index contributed by atoms with van der Waals surface area (Å²) in [7, 11) is 0. The summed E-state index contributed by atoms with van der Waals surface area (Å²) < 4.78 is 7.22. The van der Waals surface area contributed by atoms with Crippen molar-refractivity contribution in [3.63, 3.8) is 0 Å². The summed E-state index contributed by atoms with van der Waals surface area (Å²) in [6.07, 6.45) is 3.88. The van der Waals surface area contributed by atoms with Crippen LogP contribution in [0.15, 0.2) is 28.0 Å². The molecule has 7 heteroatoms. The number of hydrogen-bond donors (Lipinski definition) is 2. The average molecular weight is 318 g/mol. The van der Waals surface area contributed by atoms with E-state index in [4.69, 9.17) is 4.52 Å². The van der Waals surface area contributed by atoms with Gasteiger partial charge in [-0.2, -0.15) is 5.10 Å². The Morgan fingerprint density at radius 3 is 2.83 bits per heavy atom. The second-order valence-corrected chi connectivity index (χ2v) is 5.78. The van der Waals surface area contributed by atoms with Crippen molar-refractivity contribution in [2.45, 2.75) is 46.7 Å². The van der Waals surface area contributed by atoms with Crippen molar-refractivity contribution in [2.24, 2.45) is 4.99 Å². The van der Waals surface area contributed by atoms with E-state index < -0.39 is 0 Å². The topological polar surface area (TPSA) is 80.3 Å². The molecule has 0 fully saturated rings. The Morgan fingerprint density at radius 1 is 1.39 bits per heavy atom. The molecule has 0 unspecified atom stereocenters. The van der Waals surface area contributed by atoms with Gasteiger partial charge in [0.15, 0.2) is 11.7 Å². The SMILES string of the molecule is CCNC(=NCc1cc(C(C)C)no1)NCCn1cc(C)cn1. The number of aromatic nitrogens is 3. The van der Waals surface area contributed by atoms with Gasteiger partial charge in [0.05, 0.1) is 18.4 Å². The average Bonchev–Trinajstić information content (AvgIpc) is 3.14. The summed E-state index contributed by atoms with van der Waals surface area (Å²) >= 11 is 0. The molecule has 0 aliphatic carbocycles. The van der Waals surface area contributed by atoms with Crippen molar-refractivity contribution in [3.05, 3.63) is 35.5 Å². The highest BCUT2D eigenvalue weighted by atomic mass is 16.5. The van der Waals surface area contributed by atoms with Crippen LogP contribution in [0, 0.1) is 6.92 Å². The lowest BCUT2D eigenvalue weighted by Crippen LogP contribution is -2.38. The van der Waals surface area contributed by atoms with E-state index in [2.05, 4.69) is 39.7 Å². The molecule has 0 radical (unpaired) electrons. The van der Waals surface area contributed by atoms with Gasteiger partial charge in [-0.25, -0.2) is 4.99 Å². The highest BCUT2D eigenvalue weighted by Crippen LogP contribution is 2.14. The fourth-order valence-electron chi connectivity index (χ4n) is 2.05. The molecule has 0 bridgehead atoms. The Bertz CT molecular complexity index is 628. The summed E-state index contributed by atoms with van der Waals surface area (Å²) in [4.78, 5) is 4.52. The summed E-state index contributed by atoms with van der Waals surface area (Å²) in [5.41, 5.74) is 2.12. The normalized spacial score (nSPS) is 12.0. The first-order chi connectivity index (χ1) is 11.1. The van der Waals surface area contributed by atoms with Crippen molar-refractivity contribution in [2.75, 3.05) is 13.1 Å². The molecule has 7 nitrogen and oxygen atoms in total. The smallest absolute Gasteiger partial charge is 0.191 e. The van der Waals surface area contributed by atoms with Crippen LogP contribution in [0.5, 0.6) is 0 Å². The lowest BCUT2D eigenvalue weighted by atomic mass is 10.1. The molecule has 0 amide bonds.